The summed E-state index contributed by atoms with van der Waals surface area (Å²) >= 11 is 7.74. The number of ether oxygens (including phenoxy) is 1. The zero-order chi connectivity index (χ0) is 13.0. The van der Waals surface area contributed by atoms with Crippen LogP contribution in [0.1, 0.15) is 19.8 Å². The van der Waals surface area contributed by atoms with Crippen LogP contribution < -0.4 is 5.32 Å². The van der Waals surface area contributed by atoms with Gasteiger partial charge in [0.05, 0.1) is 27.9 Å². The molecule has 0 fully saturated rings. The Morgan fingerprint density at radius 1 is 1.50 bits per heavy atom. The Labute approximate surface area is 116 Å². The third-order valence-electron chi connectivity index (χ3n) is 2.70. The highest BCUT2D eigenvalue weighted by Crippen LogP contribution is 2.32. The molecule has 1 unspecified atom stereocenters. The number of thiazole rings is 1. The lowest BCUT2D eigenvalue weighted by atomic mass is 10.2. The molecule has 0 bridgehead atoms. The molecule has 0 aliphatic heterocycles. The van der Waals surface area contributed by atoms with E-state index in [1.54, 1.807) is 18.4 Å². The van der Waals surface area contributed by atoms with Crippen LogP contribution in [0.15, 0.2) is 18.2 Å². The van der Waals surface area contributed by atoms with Gasteiger partial charge in [0.25, 0.3) is 0 Å². The molecule has 18 heavy (non-hydrogen) atoms. The largest absolute Gasteiger partial charge is 0.383 e. The molecule has 1 aromatic carbocycles. The highest BCUT2D eigenvalue weighted by atomic mass is 35.5. The molecule has 0 saturated carbocycles. The summed E-state index contributed by atoms with van der Waals surface area (Å²) in [7, 11) is 1.72. The fourth-order valence-corrected chi connectivity index (χ4v) is 3.13. The molecule has 1 aromatic heterocycles. The average molecular weight is 285 g/mol. The molecule has 0 aliphatic carbocycles. The summed E-state index contributed by atoms with van der Waals surface area (Å²) in [5, 5.41) is 5.09. The van der Waals surface area contributed by atoms with E-state index in [2.05, 4.69) is 17.2 Å². The minimum absolute atomic E-state index is 0.305. The Kier molecular flexibility index (Phi) is 4.80. The van der Waals surface area contributed by atoms with Crippen molar-refractivity contribution in [2.24, 2.45) is 0 Å². The van der Waals surface area contributed by atoms with Crippen molar-refractivity contribution in [2.75, 3.05) is 19.0 Å². The predicted octanol–water partition coefficient (Wildman–Crippen LogP) is 4.18. The molecule has 1 N–H and O–H groups in total. The molecule has 0 aliphatic rings. The van der Waals surface area contributed by atoms with Gasteiger partial charge in [0.15, 0.2) is 5.13 Å². The Bertz CT molecular complexity index is 509. The molecule has 3 nitrogen and oxygen atoms in total. The summed E-state index contributed by atoms with van der Waals surface area (Å²) in [6.07, 6.45) is 2.18. The molecule has 98 valence electrons. The number of rotatable bonds is 6. The molecule has 0 amide bonds. The Morgan fingerprint density at radius 3 is 3.00 bits per heavy atom. The SMILES string of the molecule is CCCC(COC)Nc1nc2cccc(Cl)c2s1. The lowest BCUT2D eigenvalue weighted by molar-refractivity contribution is 0.182. The van der Waals surface area contributed by atoms with Crippen LogP contribution in [-0.2, 0) is 4.74 Å². The van der Waals surface area contributed by atoms with Gasteiger partial charge in [-0.2, -0.15) is 0 Å². The summed E-state index contributed by atoms with van der Waals surface area (Å²) < 4.78 is 6.25. The van der Waals surface area contributed by atoms with Crippen LogP contribution in [0, 0.1) is 0 Å². The molecule has 0 radical (unpaired) electrons. The number of hydrogen-bond donors (Lipinski definition) is 1. The zero-order valence-corrected chi connectivity index (χ0v) is 12.1. The second-order valence-corrected chi connectivity index (χ2v) is 5.60. The van der Waals surface area contributed by atoms with Gasteiger partial charge in [-0.3, -0.25) is 0 Å². The molecule has 1 heterocycles. The van der Waals surface area contributed by atoms with Crippen LogP contribution in [0.2, 0.25) is 5.02 Å². The maximum absolute atomic E-state index is 6.15. The summed E-state index contributed by atoms with van der Waals surface area (Å²) in [5.74, 6) is 0. The first-order valence-electron chi connectivity index (χ1n) is 6.05. The van der Waals surface area contributed by atoms with Crippen molar-refractivity contribution in [3.8, 4) is 0 Å². The third kappa shape index (κ3) is 3.13. The fourth-order valence-electron chi connectivity index (χ4n) is 1.90. The van der Waals surface area contributed by atoms with Crippen molar-refractivity contribution in [1.82, 2.24) is 4.98 Å². The second kappa shape index (κ2) is 6.36. The molecule has 2 aromatic rings. The number of fused-ring (bicyclic) bond motifs is 1. The van der Waals surface area contributed by atoms with Gasteiger partial charge in [-0.15, -0.1) is 0 Å². The molecule has 2 rings (SSSR count). The summed E-state index contributed by atoms with van der Waals surface area (Å²) in [5.41, 5.74) is 0.947. The number of aromatic nitrogens is 1. The van der Waals surface area contributed by atoms with E-state index < -0.39 is 0 Å². The number of hydrogen-bond acceptors (Lipinski definition) is 4. The monoisotopic (exact) mass is 284 g/mol. The quantitative estimate of drug-likeness (QED) is 0.864. The van der Waals surface area contributed by atoms with E-state index in [4.69, 9.17) is 16.3 Å². The molecule has 0 spiro atoms. The Morgan fingerprint density at radius 2 is 2.33 bits per heavy atom. The lowest BCUT2D eigenvalue weighted by Crippen LogP contribution is -2.24. The average Bonchev–Trinajstić information content (AvgIpc) is 2.74. The van der Waals surface area contributed by atoms with E-state index in [1.807, 2.05) is 18.2 Å². The van der Waals surface area contributed by atoms with E-state index in [0.717, 1.165) is 33.2 Å². The van der Waals surface area contributed by atoms with Gasteiger partial charge in [-0.25, -0.2) is 4.98 Å². The highest BCUT2D eigenvalue weighted by Gasteiger charge is 2.11. The number of halogens is 1. The first-order valence-corrected chi connectivity index (χ1v) is 7.24. The normalized spacial score (nSPS) is 12.8. The van der Waals surface area contributed by atoms with Crippen molar-refractivity contribution in [2.45, 2.75) is 25.8 Å². The summed E-state index contributed by atoms with van der Waals surface area (Å²) in [6, 6.07) is 6.10. The van der Waals surface area contributed by atoms with E-state index in [0.29, 0.717) is 12.6 Å². The van der Waals surface area contributed by atoms with Gasteiger partial charge in [0, 0.05) is 7.11 Å². The number of anilines is 1. The smallest absolute Gasteiger partial charge is 0.184 e. The van der Waals surface area contributed by atoms with E-state index >= 15 is 0 Å². The first kappa shape index (κ1) is 13.6. The van der Waals surface area contributed by atoms with Crippen LogP contribution in [0.25, 0.3) is 10.2 Å². The van der Waals surface area contributed by atoms with Gasteiger partial charge in [0.2, 0.25) is 0 Å². The van der Waals surface area contributed by atoms with Crippen molar-refractivity contribution >= 4 is 38.3 Å². The van der Waals surface area contributed by atoms with Gasteiger partial charge in [-0.05, 0) is 18.6 Å². The van der Waals surface area contributed by atoms with E-state index in [-0.39, 0.29) is 0 Å². The van der Waals surface area contributed by atoms with Crippen molar-refractivity contribution in [3.63, 3.8) is 0 Å². The number of nitrogens with one attached hydrogen (secondary N) is 1. The molecule has 1 atom stereocenters. The van der Waals surface area contributed by atoms with Crippen LogP contribution in [0.5, 0.6) is 0 Å². The van der Waals surface area contributed by atoms with E-state index in [9.17, 15) is 0 Å². The van der Waals surface area contributed by atoms with Crippen LogP contribution in [-0.4, -0.2) is 24.7 Å². The molecule has 5 heteroatoms. The molecular formula is C13H17ClN2OS. The predicted molar refractivity (Wildman–Crippen MR) is 78.8 cm³/mol. The molecular weight excluding hydrogens is 268 g/mol. The van der Waals surface area contributed by atoms with Crippen molar-refractivity contribution < 1.29 is 4.74 Å². The topological polar surface area (TPSA) is 34.1 Å². The number of benzene rings is 1. The summed E-state index contributed by atoms with van der Waals surface area (Å²) in [4.78, 5) is 4.55. The first-order chi connectivity index (χ1) is 8.74. The standard InChI is InChI=1S/C13H17ClN2OS/c1-3-5-9(8-17-2)15-13-16-11-7-4-6-10(14)12(11)18-13/h4,6-7,9H,3,5,8H2,1-2H3,(H,15,16). The summed E-state index contributed by atoms with van der Waals surface area (Å²) in [6.45, 7) is 2.86. The third-order valence-corrected chi connectivity index (χ3v) is 4.16. The lowest BCUT2D eigenvalue weighted by Gasteiger charge is -2.15. The van der Waals surface area contributed by atoms with E-state index in [1.165, 1.54) is 0 Å². The van der Waals surface area contributed by atoms with Crippen LogP contribution >= 0.6 is 22.9 Å². The second-order valence-electron chi connectivity index (χ2n) is 4.19. The zero-order valence-electron chi connectivity index (χ0n) is 10.6. The fraction of sp³-hybridized carbons (Fsp3) is 0.462. The van der Waals surface area contributed by atoms with Gasteiger partial charge in [0.1, 0.15) is 0 Å². The maximum Gasteiger partial charge on any atom is 0.184 e. The number of methoxy groups -OCH3 is 1. The van der Waals surface area contributed by atoms with Crippen LogP contribution in [0.3, 0.4) is 0 Å². The Hall–Kier alpha value is -0.840. The van der Waals surface area contributed by atoms with Crippen LogP contribution in [0.4, 0.5) is 5.13 Å². The van der Waals surface area contributed by atoms with Gasteiger partial charge < -0.3 is 10.1 Å². The number of nitrogens with zero attached hydrogens (tertiary/aromatic N) is 1. The maximum atomic E-state index is 6.15. The van der Waals surface area contributed by atoms with Crippen molar-refractivity contribution in [3.05, 3.63) is 23.2 Å². The minimum atomic E-state index is 0.305. The van der Waals surface area contributed by atoms with Crippen molar-refractivity contribution in [1.29, 1.82) is 0 Å². The van der Waals surface area contributed by atoms with Gasteiger partial charge >= 0.3 is 0 Å². The minimum Gasteiger partial charge on any atom is -0.383 e. The molecule has 0 saturated heterocycles. The van der Waals surface area contributed by atoms with Gasteiger partial charge in [-0.1, -0.05) is 42.3 Å². The Balaban J connectivity index is 2.17. The highest BCUT2D eigenvalue weighted by molar-refractivity contribution is 7.22.